The Hall–Kier alpha value is -1.58. The van der Waals surface area contributed by atoms with Gasteiger partial charge in [-0.1, -0.05) is 0 Å². The summed E-state index contributed by atoms with van der Waals surface area (Å²) >= 11 is 0. The quantitative estimate of drug-likeness (QED) is 0.644. The fourth-order valence-corrected chi connectivity index (χ4v) is 0.862. The van der Waals surface area contributed by atoms with Crippen LogP contribution in [0.15, 0.2) is 16.5 Å². The Morgan fingerprint density at radius 3 is 2.15 bits per heavy atom. The van der Waals surface area contributed by atoms with E-state index in [4.69, 9.17) is 4.42 Å². The highest BCUT2D eigenvalue weighted by molar-refractivity contribution is 5.95. The number of amides is 1. The third-order valence-corrected chi connectivity index (χ3v) is 1.57. The Morgan fingerprint density at radius 2 is 1.77 bits per heavy atom. The molecule has 1 aromatic heterocycles. The molecule has 1 heterocycles. The van der Waals surface area contributed by atoms with Gasteiger partial charge in [0.15, 0.2) is 17.3 Å². The molecule has 4 nitrogen and oxygen atoms in total. The summed E-state index contributed by atoms with van der Waals surface area (Å²) in [5, 5.41) is 0. The summed E-state index contributed by atoms with van der Waals surface area (Å²) in [6, 6.07) is 3.00. The molecule has 0 spiro atoms. The number of hydrogen-bond acceptors (Lipinski definition) is 3. The number of carbonyl (C=O) groups excluding carboxylic acids is 2. The maximum absolute atomic E-state index is 11.3. The Morgan fingerprint density at radius 1 is 1.23 bits per heavy atom. The van der Waals surface area contributed by atoms with Gasteiger partial charge in [-0.25, -0.2) is 0 Å². The van der Waals surface area contributed by atoms with Gasteiger partial charge in [0, 0.05) is 21.0 Å². The zero-order valence-electron chi connectivity index (χ0n) is 7.83. The standard InChI is InChI=1S/C9H11NO3/c1-6(11)7-4-5-8(13-7)9(12)10(2)3/h4-5H,1-3H3. The second kappa shape index (κ2) is 3.43. The van der Waals surface area contributed by atoms with Crippen molar-refractivity contribution >= 4 is 11.7 Å². The molecule has 13 heavy (non-hydrogen) atoms. The van der Waals surface area contributed by atoms with E-state index in [9.17, 15) is 9.59 Å². The number of nitrogens with zero attached hydrogens (tertiary/aromatic N) is 1. The molecule has 70 valence electrons. The molecule has 0 atom stereocenters. The zero-order chi connectivity index (χ0) is 10.0. The third-order valence-electron chi connectivity index (χ3n) is 1.57. The first-order valence-electron chi connectivity index (χ1n) is 3.85. The van der Waals surface area contributed by atoms with Crippen molar-refractivity contribution in [1.29, 1.82) is 0 Å². The summed E-state index contributed by atoms with van der Waals surface area (Å²) in [6.45, 7) is 1.39. The van der Waals surface area contributed by atoms with Gasteiger partial charge in [0.1, 0.15) is 0 Å². The van der Waals surface area contributed by atoms with E-state index in [1.807, 2.05) is 0 Å². The van der Waals surface area contributed by atoms with Crippen LogP contribution in [0, 0.1) is 0 Å². The van der Waals surface area contributed by atoms with Gasteiger partial charge in [0.25, 0.3) is 5.91 Å². The normalized spacial score (nSPS) is 9.77. The molecular formula is C9H11NO3. The minimum atomic E-state index is -0.243. The number of rotatable bonds is 2. The van der Waals surface area contributed by atoms with Crippen LogP contribution in [0.3, 0.4) is 0 Å². The number of furan rings is 1. The lowest BCUT2D eigenvalue weighted by Gasteiger charge is -2.06. The molecule has 1 aromatic rings. The van der Waals surface area contributed by atoms with Crippen LogP contribution in [0.4, 0.5) is 0 Å². The predicted octanol–water partition coefficient (Wildman–Crippen LogP) is 1.18. The van der Waals surface area contributed by atoms with Crippen LogP contribution in [0.5, 0.6) is 0 Å². The molecule has 4 heteroatoms. The van der Waals surface area contributed by atoms with Crippen LogP contribution in [-0.4, -0.2) is 30.7 Å². The van der Waals surface area contributed by atoms with E-state index < -0.39 is 0 Å². The van der Waals surface area contributed by atoms with Crippen LogP contribution in [0.25, 0.3) is 0 Å². The van der Waals surface area contributed by atoms with E-state index in [0.717, 1.165) is 0 Å². The fourth-order valence-electron chi connectivity index (χ4n) is 0.862. The van der Waals surface area contributed by atoms with Crippen molar-refractivity contribution in [3.8, 4) is 0 Å². The molecule has 0 radical (unpaired) electrons. The van der Waals surface area contributed by atoms with Gasteiger partial charge in [0.2, 0.25) is 0 Å². The molecule has 0 unspecified atom stereocenters. The van der Waals surface area contributed by atoms with E-state index >= 15 is 0 Å². The molecule has 0 aliphatic rings. The van der Waals surface area contributed by atoms with Crippen molar-refractivity contribution in [2.75, 3.05) is 14.1 Å². The Labute approximate surface area is 76.1 Å². The summed E-state index contributed by atoms with van der Waals surface area (Å²) < 4.78 is 5.03. The maximum atomic E-state index is 11.3. The minimum absolute atomic E-state index is 0.183. The van der Waals surface area contributed by atoms with E-state index in [1.54, 1.807) is 14.1 Å². The topological polar surface area (TPSA) is 50.5 Å². The number of Topliss-reactive ketones (excluding diaryl/α,β-unsaturated/α-hetero) is 1. The smallest absolute Gasteiger partial charge is 0.289 e. The Balaban J connectivity index is 2.92. The zero-order valence-corrected chi connectivity index (χ0v) is 7.83. The van der Waals surface area contributed by atoms with Crippen LogP contribution in [0.1, 0.15) is 28.0 Å². The third kappa shape index (κ3) is 1.96. The summed E-state index contributed by atoms with van der Waals surface area (Å²) in [7, 11) is 3.25. The highest BCUT2D eigenvalue weighted by Crippen LogP contribution is 2.09. The first kappa shape index (κ1) is 9.51. The van der Waals surface area contributed by atoms with E-state index in [2.05, 4.69) is 0 Å². The van der Waals surface area contributed by atoms with Crippen molar-refractivity contribution in [3.63, 3.8) is 0 Å². The van der Waals surface area contributed by atoms with Gasteiger partial charge < -0.3 is 9.32 Å². The van der Waals surface area contributed by atoms with Gasteiger partial charge >= 0.3 is 0 Å². The van der Waals surface area contributed by atoms with Gasteiger partial charge in [-0.2, -0.15) is 0 Å². The van der Waals surface area contributed by atoms with Crippen molar-refractivity contribution in [3.05, 3.63) is 23.7 Å². The first-order chi connectivity index (χ1) is 6.02. The molecule has 0 fully saturated rings. The molecule has 0 aromatic carbocycles. The minimum Gasteiger partial charge on any atom is -0.448 e. The average Bonchev–Trinajstić information content (AvgIpc) is 2.50. The van der Waals surface area contributed by atoms with Crippen molar-refractivity contribution in [1.82, 2.24) is 4.90 Å². The average molecular weight is 181 g/mol. The lowest BCUT2D eigenvalue weighted by atomic mass is 10.3. The van der Waals surface area contributed by atoms with Crippen LogP contribution in [0.2, 0.25) is 0 Å². The van der Waals surface area contributed by atoms with Gasteiger partial charge in [-0.3, -0.25) is 9.59 Å². The number of hydrogen-bond donors (Lipinski definition) is 0. The molecule has 0 bridgehead atoms. The fraction of sp³-hybridized carbons (Fsp3) is 0.333. The summed E-state index contributed by atoms with van der Waals surface area (Å²) in [5.41, 5.74) is 0. The highest BCUT2D eigenvalue weighted by atomic mass is 16.4. The predicted molar refractivity (Wildman–Crippen MR) is 46.7 cm³/mol. The van der Waals surface area contributed by atoms with Crippen LogP contribution >= 0.6 is 0 Å². The lowest BCUT2D eigenvalue weighted by molar-refractivity contribution is 0.0793. The van der Waals surface area contributed by atoms with E-state index in [1.165, 1.54) is 24.0 Å². The number of carbonyl (C=O) groups is 2. The molecule has 0 aliphatic carbocycles. The molecule has 0 N–H and O–H groups in total. The summed E-state index contributed by atoms with van der Waals surface area (Å²) in [4.78, 5) is 23.5. The Kier molecular flexibility index (Phi) is 2.51. The second-order valence-corrected chi connectivity index (χ2v) is 2.92. The monoisotopic (exact) mass is 181 g/mol. The van der Waals surface area contributed by atoms with Gasteiger partial charge in [0.05, 0.1) is 0 Å². The summed E-state index contributed by atoms with van der Waals surface area (Å²) in [5.74, 6) is -0.0225. The van der Waals surface area contributed by atoms with E-state index in [0.29, 0.717) is 0 Å². The highest BCUT2D eigenvalue weighted by Gasteiger charge is 2.14. The maximum Gasteiger partial charge on any atom is 0.289 e. The molecule has 0 aliphatic heterocycles. The van der Waals surface area contributed by atoms with E-state index in [-0.39, 0.29) is 23.2 Å². The van der Waals surface area contributed by atoms with Crippen molar-refractivity contribution in [2.24, 2.45) is 0 Å². The Bertz CT molecular complexity index is 338. The molecule has 0 saturated heterocycles. The summed E-state index contributed by atoms with van der Waals surface area (Å²) in [6.07, 6.45) is 0. The lowest BCUT2D eigenvalue weighted by Crippen LogP contribution is -2.20. The molecular weight excluding hydrogens is 170 g/mol. The molecule has 1 amide bonds. The largest absolute Gasteiger partial charge is 0.448 e. The molecule has 1 rings (SSSR count). The SMILES string of the molecule is CC(=O)c1ccc(C(=O)N(C)C)o1. The first-order valence-corrected chi connectivity index (χ1v) is 3.85. The van der Waals surface area contributed by atoms with Crippen molar-refractivity contribution in [2.45, 2.75) is 6.92 Å². The van der Waals surface area contributed by atoms with Crippen LogP contribution < -0.4 is 0 Å². The number of ketones is 1. The van der Waals surface area contributed by atoms with Crippen LogP contribution in [-0.2, 0) is 0 Å². The van der Waals surface area contributed by atoms with Crippen molar-refractivity contribution < 1.29 is 14.0 Å². The molecule has 0 saturated carbocycles. The van der Waals surface area contributed by atoms with Gasteiger partial charge in [-0.05, 0) is 12.1 Å². The second-order valence-electron chi connectivity index (χ2n) is 2.92. The van der Waals surface area contributed by atoms with Gasteiger partial charge in [-0.15, -0.1) is 0 Å².